The number of hydrogen-bond donors (Lipinski definition) is 2. The lowest BCUT2D eigenvalue weighted by molar-refractivity contribution is -0.126. The number of halogens is 1. The molecule has 1 amide bonds. The van der Waals surface area contributed by atoms with Crippen molar-refractivity contribution in [2.24, 2.45) is 5.92 Å². The van der Waals surface area contributed by atoms with E-state index < -0.39 is 0 Å². The number of nitrogens with one attached hydrogen (secondary N) is 2. The predicted molar refractivity (Wildman–Crippen MR) is 102 cm³/mol. The van der Waals surface area contributed by atoms with Gasteiger partial charge in [-0.3, -0.25) is 4.79 Å². The Morgan fingerprint density at radius 3 is 2.44 bits per heavy atom. The van der Waals surface area contributed by atoms with Gasteiger partial charge in [0.15, 0.2) is 0 Å². The average molecular weight is 363 g/mol. The molecule has 1 saturated heterocycles. The van der Waals surface area contributed by atoms with E-state index in [0.29, 0.717) is 0 Å². The second-order valence-electron chi connectivity index (χ2n) is 6.68. The Kier molecular flexibility index (Phi) is 6.62. The van der Waals surface area contributed by atoms with Crippen molar-refractivity contribution in [1.82, 2.24) is 20.4 Å². The molecule has 1 fully saturated rings. The summed E-state index contributed by atoms with van der Waals surface area (Å²) in [6.45, 7) is 7.96. The van der Waals surface area contributed by atoms with Gasteiger partial charge < -0.3 is 10.6 Å². The minimum atomic E-state index is 0. The highest BCUT2D eigenvalue weighted by Crippen LogP contribution is 2.19. The fraction of sp³-hybridized carbons (Fsp3) is 0.474. The Hall–Kier alpha value is -1.85. The zero-order valence-electron chi connectivity index (χ0n) is 15.1. The molecule has 1 unspecified atom stereocenters. The van der Waals surface area contributed by atoms with Crippen LogP contribution in [0.2, 0.25) is 0 Å². The monoisotopic (exact) mass is 362 g/mol. The molecule has 5 nitrogen and oxygen atoms in total. The Morgan fingerprint density at radius 1 is 1.24 bits per heavy atom. The quantitative estimate of drug-likeness (QED) is 0.878. The van der Waals surface area contributed by atoms with Gasteiger partial charge in [0, 0.05) is 11.6 Å². The summed E-state index contributed by atoms with van der Waals surface area (Å²) in [4.78, 5) is 12.4. The van der Waals surface area contributed by atoms with Crippen molar-refractivity contribution in [3.63, 3.8) is 0 Å². The largest absolute Gasteiger partial charge is 0.349 e. The van der Waals surface area contributed by atoms with E-state index in [-0.39, 0.29) is 30.3 Å². The van der Waals surface area contributed by atoms with E-state index in [4.69, 9.17) is 0 Å². The molecule has 1 atom stereocenters. The molecule has 1 aromatic heterocycles. The highest BCUT2D eigenvalue weighted by Gasteiger charge is 2.22. The lowest BCUT2D eigenvalue weighted by Crippen LogP contribution is -2.39. The molecule has 3 rings (SSSR count). The number of amides is 1. The fourth-order valence-electron chi connectivity index (χ4n) is 3.29. The summed E-state index contributed by atoms with van der Waals surface area (Å²) in [5.74, 6) is 0.314. The van der Waals surface area contributed by atoms with E-state index in [1.165, 1.54) is 0 Å². The van der Waals surface area contributed by atoms with Crippen LogP contribution in [-0.4, -0.2) is 28.8 Å². The van der Waals surface area contributed by atoms with Gasteiger partial charge in [0.2, 0.25) is 5.91 Å². The van der Waals surface area contributed by atoms with Crippen molar-refractivity contribution < 1.29 is 4.79 Å². The highest BCUT2D eigenvalue weighted by atomic mass is 35.5. The molecule has 0 aliphatic carbocycles. The van der Waals surface area contributed by atoms with Gasteiger partial charge in [-0.05, 0) is 70.5 Å². The average Bonchev–Trinajstić information content (AvgIpc) is 2.94. The van der Waals surface area contributed by atoms with Crippen molar-refractivity contribution in [1.29, 1.82) is 0 Å². The van der Waals surface area contributed by atoms with Gasteiger partial charge in [-0.15, -0.1) is 12.4 Å². The topological polar surface area (TPSA) is 59.0 Å². The maximum atomic E-state index is 12.4. The first-order valence-electron chi connectivity index (χ1n) is 8.69. The minimum Gasteiger partial charge on any atom is -0.349 e. The normalized spacial score (nSPS) is 16.1. The Morgan fingerprint density at radius 2 is 1.88 bits per heavy atom. The maximum absolute atomic E-state index is 12.4. The Balaban J connectivity index is 0.00000225. The van der Waals surface area contributed by atoms with Crippen LogP contribution < -0.4 is 10.6 Å². The molecular formula is C19H27ClN4O. The molecule has 2 N–H and O–H groups in total. The second-order valence-corrected chi connectivity index (χ2v) is 6.68. The molecule has 6 heteroatoms. The number of aryl methyl sites for hydroxylation is 2. The first-order chi connectivity index (χ1) is 11.5. The standard InChI is InChI=1S/C19H26N4O.ClH/c1-13-12-14(2)23(22-13)18-6-4-16(5-7-18)15(3)21-19(24)17-8-10-20-11-9-17;/h4-7,12,15,17,20H,8-11H2,1-3H3,(H,21,24);1H. The van der Waals surface area contributed by atoms with Crippen LogP contribution in [0.5, 0.6) is 0 Å². The van der Waals surface area contributed by atoms with Gasteiger partial charge in [-0.1, -0.05) is 12.1 Å². The van der Waals surface area contributed by atoms with E-state index in [2.05, 4.69) is 53.0 Å². The lowest BCUT2D eigenvalue weighted by atomic mass is 9.96. The van der Waals surface area contributed by atoms with Crippen molar-refractivity contribution in [3.05, 3.63) is 47.3 Å². The van der Waals surface area contributed by atoms with Crippen LogP contribution in [0.3, 0.4) is 0 Å². The Bertz CT molecular complexity index is 705. The third-order valence-corrected chi connectivity index (χ3v) is 4.72. The van der Waals surface area contributed by atoms with Crippen molar-refractivity contribution in [2.45, 2.75) is 39.7 Å². The van der Waals surface area contributed by atoms with Crippen LogP contribution in [0, 0.1) is 19.8 Å². The smallest absolute Gasteiger partial charge is 0.223 e. The highest BCUT2D eigenvalue weighted by molar-refractivity contribution is 5.85. The maximum Gasteiger partial charge on any atom is 0.223 e. The number of piperidine rings is 1. The van der Waals surface area contributed by atoms with Crippen LogP contribution >= 0.6 is 12.4 Å². The summed E-state index contributed by atoms with van der Waals surface area (Å²) in [7, 11) is 0. The molecule has 25 heavy (non-hydrogen) atoms. The fourth-order valence-corrected chi connectivity index (χ4v) is 3.29. The first-order valence-corrected chi connectivity index (χ1v) is 8.69. The van der Waals surface area contributed by atoms with E-state index in [0.717, 1.165) is 48.6 Å². The molecule has 0 bridgehead atoms. The van der Waals surface area contributed by atoms with Gasteiger partial charge in [-0.25, -0.2) is 4.68 Å². The van der Waals surface area contributed by atoms with Gasteiger partial charge in [0.25, 0.3) is 0 Å². The second kappa shape index (κ2) is 8.50. The summed E-state index contributed by atoms with van der Waals surface area (Å²) in [5, 5.41) is 11.0. The van der Waals surface area contributed by atoms with Gasteiger partial charge in [-0.2, -0.15) is 5.10 Å². The molecule has 2 heterocycles. The molecule has 0 saturated carbocycles. The summed E-state index contributed by atoms with van der Waals surface area (Å²) >= 11 is 0. The molecule has 0 radical (unpaired) electrons. The van der Waals surface area contributed by atoms with Crippen LogP contribution in [0.15, 0.2) is 30.3 Å². The Labute approximate surface area is 155 Å². The van der Waals surface area contributed by atoms with E-state index >= 15 is 0 Å². The molecular weight excluding hydrogens is 336 g/mol. The zero-order valence-corrected chi connectivity index (χ0v) is 15.9. The van der Waals surface area contributed by atoms with Crippen LogP contribution in [0.1, 0.15) is 42.8 Å². The first kappa shape index (κ1) is 19.5. The van der Waals surface area contributed by atoms with Crippen LogP contribution in [-0.2, 0) is 4.79 Å². The number of hydrogen-bond acceptors (Lipinski definition) is 3. The van der Waals surface area contributed by atoms with E-state index in [1.807, 2.05) is 18.5 Å². The molecule has 2 aromatic rings. The van der Waals surface area contributed by atoms with Crippen molar-refractivity contribution in [2.75, 3.05) is 13.1 Å². The number of nitrogens with zero attached hydrogens (tertiary/aromatic N) is 2. The molecule has 1 aliphatic rings. The third kappa shape index (κ3) is 4.61. The third-order valence-electron chi connectivity index (χ3n) is 4.72. The zero-order chi connectivity index (χ0) is 17.1. The van der Waals surface area contributed by atoms with Gasteiger partial charge in [0.1, 0.15) is 0 Å². The predicted octanol–water partition coefficient (Wildman–Crippen LogP) is 3.09. The van der Waals surface area contributed by atoms with Crippen LogP contribution in [0.4, 0.5) is 0 Å². The van der Waals surface area contributed by atoms with E-state index in [1.54, 1.807) is 0 Å². The van der Waals surface area contributed by atoms with Crippen molar-refractivity contribution in [3.8, 4) is 5.69 Å². The van der Waals surface area contributed by atoms with E-state index in [9.17, 15) is 4.79 Å². The molecule has 136 valence electrons. The number of rotatable bonds is 4. The number of aromatic nitrogens is 2. The summed E-state index contributed by atoms with van der Waals surface area (Å²) in [6, 6.07) is 10.3. The molecule has 1 aliphatic heterocycles. The SMILES string of the molecule is Cc1cc(C)n(-c2ccc(C(C)NC(=O)C3CCNCC3)cc2)n1.Cl. The van der Waals surface area contributed by atoms with Crippen LogP contribution in [0.25, 0.3) is 5.69 Å². The lowest BCUT2D eigenvalue weighted by Gasteiger charge is -2.24. The molecule has 1 aromatic carbocycles. The van der Waals surface area contributed by atoms with Gasteiger partial charge >= 0.3 is 0 Å². The number of carbonyl (C=O) groups is 1. The van der Waals surface area contributed by atoms with Gasteiger partial charge in [0.05, 0.1) is 17.4 Å². The number of benzene rings is 1. The summed E-state index contributed by atoms with van der Waals surface area (Å²) in [6.07, 6.45) is 1.85. The minimum absolute atomic E-state index is 0. The molecule has 0 spiro atoms. The summed E-state index contributed by atoms with van der Waals surface area (Å²) in [5.41, 5.74) is 4.29. The number of carbonyl (C=O) groups excluding carboxylic acids is 1. The summed E-state index contributed by atoms with van der Waals surface area (Å²) < 4.78 is 1.94. The van der Waals surface area contributed by atoms with Crippen molar-refractivity contribution >= 4 is 18.3 Å².